The second kappa shape index (κ2) is 5.62. The molecule has 0 radical (unpaired) electrons. The average molecular weight is 301 g/mol. The first kappa shape index (κ1) is 12.9. The van der Waals surface area contributed by atoms with Gasteiger partial charge in [0.1, 0.15) is 5.67 Å². The van der Waals surface area contributed by atoms with Crippen LogP contribution in [0.2, 0.25) is 0 Å². The van der Waals surface area contributed by atoms with Crippen molar-refractivity contribution in [3.05, 3.63) is 0 Å². The van der Waals surface area contributed by atoms with Gasteiger partial charge < -0.3 is 11.1 Å². The molecular formula is C8H17FIN3. The SMILES string of the molecule is CN=C(N)NCCC1(F)CCC1.I. The fourth-order valence-electron chi connectivity index (χ4n) is 1.30. The molecular weight excluding hydrogens is 284 g/mol. The zero-order chi connectivity index (χ0) is 9.03. The van der Waals surface area contributed by atoms with Crippen molar-refractivity contribution in [2.45, 2.75) is 31.4 Å². The molecule has 1 rings (SSSR count). The minimum absolute atomic E-state index is 0. The van der Waals surface area contributed by atoms with E-state index in [1.165, 1.54) is 0 Å². The number of guanidine groups is 1. The first-order chi connectivity index (χ1) is 5.66. The summed E-state index contributed by atoms with van der Waals surface area (Å²) in [6, 6.07) is 0. The minimum atomic E-state index is -0.916. The molecule has 1 fully saturated rings. The van der Waals surface area contributed by atoms with E-state index in [4.69, 9.17) is 5.73 Å². The maximum Gasteiger partial charge on any atom is 0.188 e. The Balaban J connectivity index is 0.00000144. The summed E-state index contributed by atoms with van der Waals surface area (Å²) in [6.45, 7) is 0.583. The van der Waals surface area contributed by atoms with E-state index < -0.39 is 5.67 Å². The van der Waals surface area contributed by atoms with Crippen LogP contribution in [0.15, 0.2) is 4.99 Å². The van der Waals surface area contributed by atoms with Crippen LogP contribution in [-0.4, -0.2) is 25.2 Å². The van der Waals surface area contributed by atoms with Gasteiger partial charge in [0.25, 0.3) is 0 Å². The van der Waals surface area contributed by atoms with Crippen molar-refractivity contribution in [2.75, 3.05) is 13.6 Å². The topological polar surface area (TPSA) is 50.4 Å². The number of alkyl halides is 1. The summed E-state index contributed by atoms with van der Waals surface area (Å²) in [5.41, 5.74) is 4.46. The number of aliphatic imine (C=N–C) groups is 1. The lowest BCUT2D eigenvalue weighted by atomic mass is 9.80. The molecule has 1 aliphatic carbocycles. The normalized spacial score (nSPS) is 20.0. The zero-order valence-corrected chi connectivity index (χ0v) is 10.2. The maximum atomic E-state index is 13.3. The van der Waals surface area contributed by atoms with Crippen LogP contribution < -0.4 is 11.1 Å². The van der Waals surface area contributed by atoms with Crippen molar-refractivity contribution >= 4 is 29.9 Å². The smallest absolute Gasteiger partial charge is 0.188 e. The van der Waals surface area contributed by atoms with Gasteiger partial charge in [0.2, 0.25) is 0 Å². The third-order valence-electron chi connectivity index (χ3n) is 2.37. The van der Waals surface area contributed by atoms with E-state index in [1.54, 1.807) is 7.05 Å². The van der Waals surface area contributed by atoms with E-state index in [-0.39, 0.29) is 24.0 Å². The van der Waals surface area contributed by atoms with Gasteiger partial charge in [0.15, 0.2) is 5.96 Å². The molecule has 78 valence electrons. The summed E-state index contributed by atoms with van der Waals surface area (Å²) in [4.78, 5) is 3.71. The highest BCUT2D eigenvalue weighted by Crippen LogP contribution is 2.38. The van der Waals surface area contributed by atoms with Crippen LogP contribution in [0.1, 0.15) is 25.7 Å². The number of rotatable bonds is 3. The molecule has 0 bridgehead atoms. The van der Waals surface area contributed by atoms with Crippen LogP contribution in [-0.2, 0) is 0 Å². The molecule has 1 saturated carbocycles. The van der Waals surface area contributed by atoms with Crippen molar-refractivity contribution in [1.82, 2.24) is 5.32 Å². The molecule has 3 nitrogen and oxygen atoms in total. The molecule has 13 heavy (non-hydrogen) atoms. The number of nitrogens with zero attached hydrogens (tertiary/aromatic N) is 1. The van der Waals surface area contributed by atoms with Crippen molar-refractivity contribution in [2.24, 2.45) is 10.7 Å². The summed E-state index contributed by atoms with van der Waals surface area (Å²) < 4.78 is 13.3. The van der Waals surface area contributed by atoms with Gasteiger partial charge in [-0.1, -0.05) is 0 Å². The number of hydrogen-bond acceptors (Lipinski definition) is 1. The van der Waals surface area contributed by atoms with Gasteiger partial charge in [-0.3, -0.25) is 4.99 Å². The van der Waals surface area contributed by atoms with Crippen molar-refractivity contribution < 1.29 is 4.39 Å². The molecule has 0 amide bonds. The van der Waals surface area contributed by atoms with Crippen LogP contribution in [0.25, 0.3) is 0 Å². The van der Waals surface area contributed by atoms with E-state index in [9.17, 15) is 4.39 Å². The molecule has 0 aromatic carbocycles. The molecule has 0 heterocycles. The number of hydrogen-bond donors (Lipinski definition) is 2. The van der Waals surface area contributed by atoms with Crippen LogP contribution in [0.3, 0.4) is 0 Å². The summed E-state index contributed by atoms with van der Waals surface area (Å²) in [5, 5.41) is 2.84. The third-order valence-corrected chi connectivity index (χ3v) is 2.37. The summed E-state index contributed by atoms with van der Waals surface area (Å²) >= 11 is 0. The monoisotopic (exact) mass is 301 g/mol. The van der Waals surface area contributed by atoms with E-state index in [2.05, 4.69) is 10.3 Å². The van der Waals surface area contributed by atoms with E-state index in [0.29, 0.717) is 31.8 Å². The van der Waals surface area contributed by atoms with Crippen LogP contribution in [0.4, 0.5) is 4.39 Å². The first-order valence-electron chi connectivity index (χ1n) is 4.31. The molecule has 0 spiro atoms. The average Bonchev–Trinajstić information content (AvgIpc) is 2.01. The lowest BCUT2D eigenvalue weighted by Gasteiger charge is -2.33. The highest BCUT2D eigenvalue weighted by molar-refractivity contribution is 14.0. The van der Waals surface area contributed by atoms with Crippen molar-refractivity contribution in [1.29, 1.82) is 0 Å². The molecule has 0 atom stereocenters. The second-order valence-corrected chi connectivity index (χ2v) is 3.29. The Morgan fingerprint density at radius 1 is 1.62 bits per heavy atom. The van der Waals surface area contributed by atoms with E-state index >= 15 is 0 Å². The Morgan fingerprint density at radius 3 is 2.62 bits per heavy atom. The standard InChI is InChI=1S/C8H16FN3.HI/c1-11-7(10)12-6-5-8(9)3-2-4-8;/h2-6H2,1H3,(H3,10,11,12);1H. The summed E-state index contributed by atoms with van der Waals surface area (Å²) in [5.74, 6) is 0.387. The van der Waals surface area contributed by atoms with Crippen LogP contribution >= 0.6 is 24.0 Å². The molecule has 1 aliphatic rings. The van der Waals surface area contributed by atoms with Gasteiger partial charge in [0, 0.05) is 13.6 Å². The van der Waals surface area contributed by atoms with Gasteiger partial charge in [-0.15, -0.1) is 24.0 Å². The lowest BCUT2D eigenvalue weighted by molar-refractivity contribution is 0.0555. The van der Waals surface area contributed by atoms with Gasteiger partial charge >= 0.3 is 0 Å². The van der Waals surface area contributed by atoms with Crippen LogP contribution in [0, 0.1) is 0 Å². The Hall–Kier alpha value is -0.0700. The maximum absolute atomic E-state index is 13.3. The molecule has 0 aromatic heterocycles. The number of halogens is 2. The number of nitrogens with two attached hydrogens (primary N) is 1. The quantitative estimate of drug-likeness (QED) is 0.470. The predicted octanol–water partition coefficient (Wildman–Crippen LogP) is 1.42. The Bertz CT molecular complexity index is 180. The van der Waals surface area contributed by atoms with Crippen molar-refractivity contribution in [3.8, 4) is 0 Å². The highest BCUT2D eigenvalue weighted by atomic mass is 127. The van der Waals surface area contributed by atoms with Crippen molar-refractivity contribution in [3.63, 3.8) is 0 Å². The Morgan fingerprint density at radius 2 is 2.23 bits per heavy atom. The molecule has 0 aromatic rings. The van der Waals surface area contributed by atoms with Gasteiger partial charge in [-0.05, 0) is 25.7 Å². The summed E-state index contributed by atoms with van der Waals surface area (Å²) in [7, 11) is 1.61. The molecule has 5 heteroatoms. The molecule has 0 unspecified atom stereocenters. The molecule has 3 N–H and O–H groups in total. The number of nitrogens with one attached hydrogen (secondary N) is 1. The predicted molar refractivity (Wildman–Crippen MR) is 63.3 cm³/mol. The third kappa shape index (κ3) is 4.10. The second-order valence-electron chi connectivity index (χ2n) is 3.29. The molecule has 0 saturated heterocycles. The highest BCUT2D eigenvalue weighted by Gasteiger charge is 2.36. The summed E-state index contributed by atoms with van der Waals surface area (Å²) in [6.07, 6.45) is 2.98. The van der Waals surface area contributed by atoms with Gasteiger partial charge in [-0.2, -0.15) is 0 Å². The fraction of sp³-hybridized carbons (Fsp3) is 0.875. The lowest BCUT2D eigenvalue weighted by Crippen LogP contribution is -2.39. The Labute approximate surface area is 95.4 Å². The largest absolute Gasteiger partial charge is 0.370 e. The van der Waals surface area contributed by atoms with E-state index in [1.807, 2.05) is 0 Å². The Kier molecular flexibility index (Phi) is 5.59. The minimum Gasteiger partial charge on any atom is -0.370 e. The van der Waals surface area contributed by atoms with Gasteiger partial charge in [0.05, 0.1) is 0 Å². The van der Waals surface area contributed by atoms with Crippen LogP contribution in [0.5, 0.6) is 0 Å². The van der Waals surface area contributed by atoms with E-state index in [0.717, 1.165) is 6.42 Å². The molecule has 0 aliphatic heterocycles. The van der Waals surface area contributed by atoms with Gasteiger partial charge in [-0.25, -0.2) is 4.39 Å². The fourth-order valence-corrected chi connectivity index (χ4v) is 1.30. The zero-order valence-electron chi connectivity index (χ0n) is 7.85. The first-order valence-corrected chi connectivity index (χ1v) is 4.31.